The highest BCUT2D eigenvalue weighted by molar-refractivity contribution is 5.26. The molecule has 0 aliphatic carbocycles. The third-order valence-electron chi connectivity index (χ3n) is 4.85. The number of phenols is 1. The van der Waals surface area contributed by atoms with Crippen molar-refractivity contribution in [1.82, 2.24) is 9.80 Å². The molecule has 2 saturated heterocycles. The number of likely N-dealkylation sites (tertiary alicyclic amines) is 1. The average Bonchev–Trinajstić information content (AvgIpc) is 3.00. The standard InChI is InChI=1S/C17H26N2O2/c1-14(12-15-2-4-17(20)5-3-15)19-7-6-16(13-19)18-8-10-21-11-9-18/h2-5,14,16,20H,6-13H2,1H3. The summed E-state index contributed by atoms with van der Waals surface area (Å²) >= 11 is 0. The minimum Gasteiger partial charge on any atom is -0.508 e. The lowest BCUT2D eigenvalue weighted by Crippen LogP contribution is -2.45. The van der Waals surface area contributed by atoms with Gasteiger partial charge in [0.05, 0.1) is 13.2 Å². The second-order valence-electron chi connectivity index (χ2n) is 6.31. The number of rotatable bonds is 4. The predicted octanol–water partition coefficient (Wildman–Crippen LogP) is 1.73. The van der Waals surface area contributed by atoms with Crippen LogP contribution in [0.2, 0.25) is 0 Å². The highest BCUT2D eigenvalue weighted by atomic mass is 16.5. The molecule has 0 saturated carbocycles. The minimum atomic E-state index is 0.347. The van der Waals surface area contributed by atoms with Gasteiger partial charge in [0.25, 0.3) is 0 Å². The van der Waals surface area contributed by atoms with Crippen LogP contribution < -0.4 is 0 Å². The smallest absolute Gasteiger partial charge is 0.115 e. The molecule has 4 heteroatoms. The van der Waals surface area contributed by atoms with Crippen LogP contribution >= 0.6 is 0 Å². The fraction of sp³-hybridized carbons (Fsp3) is 0.647. The van der Waals surface area contributed by atoms with Crippen molar-refractivity contribution in [2.75, 3.05) is 39.4 Å². The van der Waals surface area contributed by atoms with E-state index < -0.39 is 0 Å². The van der Waals surface area contributed by atoms with Crippen LogP contribution in [0.15, 0.2) is 24.3 Å². The lowest BCUT2D eigenvalue weighted by atomic mass is 10.1. The largest absolute Gasteiger partial charge is 0.508 e. The number of benzene rings is 1. The molecule has 2 fully saturated rings. The van der Waals surface area contributed by atoms with Crippen molar-refractivity contribution in [2.45, 2.75) is 31.8 Å². The quantitative estimate of drug-likeness (QED) is 0.916. The van der Waals surface area contributed by atoms with Crippen molar-refractivity contribution in [3.8, 4) is 5.75 Å². The van der Waals surface area contributed by atoms with E-state index in [1.165, 1.54) is 25.1 Å². The van der Waals surface area contributed by atoms with Crippen LogP contribution in [0.4, 0.5) is 0 Å². The van der Waals surface area contributed by atoms with Crippen molar-refractivity contribution in [2.24, 2.45) is 0 Å². The van der Waals surface area contributed by atoms with Gasteiger partial charge in [-0.25, -0.2) is 0 Å². The van der Waals surface area contributed by atoms with E-state index in [4.69, 9.17) is 4.74 Å². The molecule has 21 heavy (non-hydrogen) atoms. The van der Waals surface area contributed by atoms with E-state index in [-0.39, 0.29) is 0 Å². The SMILES string of the molecule is CC(Cc1ccc(O)cc1)N1CCC(N2CCOCC2)C1. The first-order valence-corrected chi connectivity index (χ1v) is 8.06. The van der Waals surface area contributed by atoms with Gasteiger partial charge in [-0.3, -0.25) is 9.80 Å². The van der Waals surface area contributed by atoms with Crippen LogP contribution in [0.25, 0.3) is 0 Å². The number of phenolic OH excluding ortho intramolecular Hbond substituents is 1. The summed E-state index contributed by atoms with van der Waals surface area (Å²) in [6.07, 6.45) is 2.33. The van der Waals surface area contributed by atoms with Gasteiger partial charge in [-0.15, -0.1) is 0 Å². The van der Waals surface area contributed by atoms with Crippen molar-refractivity contribution in [3.05, 3.63) is 29.8 Å². The maximum atomic E-state index is 9.36. The first kappa shape index (κ1) is 14.8. The van der Waals surface area contributed by atoms with Crippen molar-refractivity contribution < 1.29 is 9.84 Å². The van der Waals surface area contributed by atoms with E-state index in [0.717, 1.165) is 32.7 Å². The van der Waals surface area contributed by atoms with Crippen LogP contribution in [0.1, 0.15) is 18.9 Å². The number of morpholine rings is 1. The van der Waals surface area contributed by atoms with E-state index in [2.05, 4.69) is 16.7 Å². The molecule has 0 aromatic heterocycles. The highest BCUT2D eigenvalue weighted by Gasteiger charge is 2.30. The Morgan fingerprint density at radius 2 is 1.90 bits per heavy atom. The molecule has 116 valence electrons. The Bertz CT molecular complexity index is 443. The van der Waals surface area contributed by atoms with Gasteiger partial charge in [-0.2, -0.15) is 0 Å². The summed E-state index contributed by atoms with van der Waals surface area (Å²) in [5, 5.41) is 9.36. The third-order valence-corrected chi connectivity index (χ3v) is 4.85. The van der Waals surface area contributed by atoms with Crippen molar-refractivity contribution in [3.63, 3.8) is 0 Å². The van der Waals surface area contributed by atoms with E-state index in [1.54, 1.807) is 12.1 Å². The summed E-state index contributed by atoms with van der Waals surface area (Å²) < 4.78 is 5.45. The molecule has 1 aromatic rings. The molecule has 4 nitrogen and oxygen atoms in total. The van der Waals surface area contributed by atoms with Gasteiger partial charge in [-0.05, 0) is 37.5 Å². The maximum absolute atomic E-state index is 9.36. The van der Waals surface area contributed by atoms with Crippen LogP contribution in [0.3, 0.4) is 0 Å². The molecule has 0 spiro atoms. The Hall–Kier alpha value is -1.10. The number of ether oxygens (including phenoxy) is 1. The lowest BCUT2D eigenvalue weighted by Gasteiger charge is -2.33. The molecule has 0 radical (unpaired) electrons. The van der Waals surface area contributed by atoms with Gasteiger partial charge in [0, 0.05) is 38.3 Å². The van der Waals surface area contributed by atoms with Gasteiger partial charge >= 0.3 is 0 Å². The molecule has 0 bridgehead atoms. The molecule has 0 amide bonds. The van der Waals surface area contributed by atoms with Crippen molar-refractivity contribution in [1.29, 1.82) is 0 Å². The number of aromatic hydroxyl groups is 1. The fourth-order valence-corrected chi connectivity index (χ4v) is 3.51. The normalized spacial score (nSPS) is 26.0. The van der Waals surface area contributed by atoms with Gasteiger partial charge in [0.2, 0.25) is 0 Å². The number of hydrogen-bond acceptors (Lipinski definition) is 4. The van der Waals surface area contributed by atoms with Crippen LogP contribution in [0, 0.1) is 0 Å². The first-order chi connectivity index (χ1) is 10.2. The Balaban J connectivity index is 1.51. The van der Waals surface area contributed by atoms with Gasteiger partial charge in [0.15, 0.2) is 0 Å². The highest BCUT2D eigenvalue weighted by Crippen LogP contribution is 2.21. The summed E-state index contributed by atoms with van der Waals surface area (Å²) in [5.74, 6) is 0.347. The first-order valence-electron chi connectivity index (χ1n) is 8.06. The molecule has 2 aliphatic rings. The maximum Gasteiger partial charge on any atom is 0.115 e. The Labute approximate surface area is 127 Å². The minimum absolute atomic E-state index is 0.347. The summed E-state index contributed by atoms with van der Waals surface area (Å²) in [6, 6.07) is 8.88. The van der Waals surface area contributed by atoms with E-state index in [9.17, 15) is 5.11 Å². The molecule has 1 aromatic carbocycles. The number of hydrogen-bond donors (Lipinski definition) is 1. The molecule has 2 unspecified atom stereocenters. The molecule has 2 atom stereocenters. The second kappa shape index (κ2) is 6.77. The van der Waals surface area contributed by atoms with Gasteiger partial charge in [-0.1, -0.05) is 12.1 Å². The average molecular weight is 290 g/mol. The molecule has 3 rings (SSSR count). The van der Waals surface area contributed by atoms with Crippen LogP contribution in [-0.4, -0.2) is 66.4 Å². The Morgan fingerprint density at radius 1 is 1.19 bits per heavy atom. The molecular weight excluding hydrogens is 264 g/mol. The summed E-state index contributed by atoms with van der Waals surface area (Å²) in [7, 11) is 0. The molecular formula is C17H26N2O2. The van der Waals surface area contributed by atoms with Gasteiger partial charge < -0.3 is 9.84 Å². The summed E-state index contributed by atoms with van der Waals surface area (Å²) in [5.41, 5.74) is 1.30. The fourth-order valence-electron chi connectivity index (χ4n) is 3.51. The lowest BCUT2D eigenvalue weighted by molar-refractivity contribution is 0.0178. The zero-order valence-corrected chi connectivity index (χ0v) is 12.9. The summed E-state index contributed by atoms with van der Waals surface area (Å²) in [4.78, 5) is 5.20. The van der Waals surface area contributed by atoms with E-state index in [0.29, 0.717) is 17.8 Å². The number of nitrogens with zero attached hydrogens (tertiary/aromatic N) is 2. The summed E-state index contributed by atoms with van der Waals surface area (Å²) in [6.45, 7) is 8.64. The zero-order chi connectivity index (χ0) is 14.7. The van der Waals surface area contributed by atoms with E-state index >= 15 is 0 Å². The second-order valence-corrected chi connectivity index (χ2v) is 6.31. The predicted molar refractivity (Wildman–Crippen MR) is 83.6 cm³/mol. The molecule has 1 N–H and O–H groups in total. The molecule has 2 heterocycles. The van der Waals surface area contributed by atoms with Crippen LogP contribution in [-0.2, 0) is 11.2 Å². The Morgan fingerprint density at radius 3 is 2.62 bits per heavy atom. The molecule has 2 aliphatic heterocycles. The monoisotopic (exact) mass is 290 g/mol. The van der Waals surface area contributed by atoms with E-state index in [1.807, 2.05) is 12.1 Å². The van der Waals surface area contributed by atoms with Crippen LogP contribution in [0.5, 0.6) is 5.75 Å². The third kappa shape index (κ3) is 3.76. The van der Waals surface area contributed by atoms with Crippen molar-refractivity contribution >= 4 is 0 Å². The zero-order valence-electron chi connectivity index (χ0n) is 12.9. The topological polar surface area (TPSA) is 35.9 Å². The Kier molecular flexibility index (Phi) is 4.78. The van der Waals surface area contributed by atoms with Gasteiger partial charge in [0.1, 0.15) is 5.75 Å².